The molecule has 0 bridgehead atoms. The molecule has 0 fully saturated rings. The van der Waals surface area contributed by atoms with E-state index in [1.54, 1.807) is 30.3 Å². The maximum atomic E-state index is 12.0. The Morgan fingerprint density at radius 1 is 1.07 bits per heavy atom. The van der Waals surface area contributed by atoms with Crippen molar-refractivity contribution in [3.8, 4) is 17.0 Å². The Morgan fingerprint density at radius 3 is 2.67 bits per heavy atom. The molecule has 27 heavy (non-hydrogen) atoms. The molecule has 0 aliphatic rings. The van der Waals surface area contributed by atoms with E-state index in [4.69, 9.17) is 16.3 Å². The van der Waals surface area contributed by atoms with Crippen LogP contribution in [0.25, 0.3) is 11.3 Å². The summed E-state index contributed by atoms with van der Waals surface area (Å²) in [4.78, 5) is 23.9. The van der Waals surface area contributed by atoms with Gasteiger partial charge in [-0.25, -0.2) is 4.68 Å². The number of rotatable bonds is 7. The molecule has 0 atom stereocenters. The maximum Gasteiger partial charge on any atom is 0.266 e. The molecular formula is C20H18ClN3O3. The highest BCUT2D eigenvalue weighted by Crippen LogP contribution is 2.17. The van der Waals surface area contributed by atoms with Crippen molar-refractivity contribution in [1.82, 2.24) is 15.1 Å². The van der Waals surface area contributed by atoms with Crippen LogP contribution in [-0.4, -0.2) is 28.8 Å². The summed E-state index contributed by atoms with van der Waals surface area (Å²) in [5.41, 5.74) is 1.40. The number of carbonyl (C=O) groups is 1. The molecule has 1 amide bonds. The Morgan fingerprint density at radius 2 is 1.89 bits per heavy atom. The highest BCUT2D eigenvalue weighted by Gasteiger charge is 2.06. The van der Waals surface area contributed by atoms with Gasteiger partial charge in [-0.15, -0.1) is 0 Å². The maximum absolute atomic E-state index is 12.0. The second kappa shape index (κ2) is 9.00. The Labute approximate surface area is 161 Å². The summed E-state index contributed by atoms with van der Waals surface area (Å²) in [6.07, 6.45) is 0. The van der Waals surface area contributed by atoms with E-state index < -0.39 is 0 Å². The van der Waals surface area contributed by atoms with E-state index in [-0.39, 0.29) is 31.2 Å². The van der Waals surface area contributed by atoms with E-state index in [2.05, 4.69) is 10.4 Å². The largest absolute Gasteiger partial charge is 0.484 e. The number of hydrogen-bond donors (Lipinski definition) is 1. The van der Waals surface area contributed by atoms with E-state index in [0.29, 0.717) is 16.5 Å². The number of hydrogen-bond acceptors (Lipinski definition) is 4. The van der Waals surface area contributed by atoms with Crippen molar-refractivity contribution in [2.24, 2.45) is 0 Å². The molecule has 3 aromatic rings. The third kappa shape index (κ3) is 5.43. The Hall–Kier alpha value is -3.12. The first-order chi connectivity index (χ1) is 13.1. The van der Waals surface area contributed by atoms with Crippen LogP contribution in [0.3, 0.4) is 0 Å². The van der Waals surface area contributed by atoms with Gasteiger partial charge in [0, 0.05) is 23.2 Å². The number of nitrogens with one attached hydrogen (secondary N) is 1. The van der Waals surface area contributed by atoms with Gasteiger partial charge in [0.25, 0.3) is 11.5 Å². The van der Waals surface area contributed by atoms with Crippen molar-refractivity contribution < 1.29 is 9.53 Å². The topological polar surface area (TPSA) is 73.2 Å². The molecular weight excluding hydrogens is 366 g/mol. The van der Waals surface area contributed by atoms with Crippen molar-refractivity contribution in [1.29, 1.82) is 0 Å². The van der Waals surface area contributed by atoms with Crippen LogP contribution in [0.1, 0.15) is 0 Å². The van der Waals surface area contributed by atoms with Gasteiger partial charge < -0.3 is 10.1 Å². The summed E-state index contributed by atoms with van der Waals surface area (Å²) < 4.78 is 6.71. The van der Waals surface area contributed by atoms with E-state index in [1.807, 2.05) is 30.3 Å². The van der Waals surface area contributed by atoms with Crippen molar-refractivity contribution in [2.45, 2.75) is 6.54 Å². The average Bonchev–Trinajstić information content (AvgIpc) is 2.68. The molecule has 0 unspecified atom stereocenters. The number of halogens is 1. The minimum Gasteiger partial charge on any atom is -0.484 e. The first-order valence-electron chi connectivity index (χ1n) is 8.40. The van der Waals surface area contributed by atoms with Crippen molar-refractivity contribution >= 4 is 17.5 Å². The molecule has 2 aromatic carbocycles. The highest BCUT2D eigenvalue weighted by atomic mass is 35.5. The molecule has 1 N–H and O–H groups in total. The van der Waals surface area contributed by atoms with Crippen molar-refractivity contribution in [3.63, 3.8) is 0 Å². The Kier molecular flexibility index (Phi) is 6.22. The van der Waals surface area contributed by atoms with Gasteiger partial charge >= 0.3 is 0 Å². The number of aromatic nitrogens is 2. The molecule has 3 rings (SSSR count). The second-order valence-electron chi connectivity index (χ2n) is 5.74. The summed E-state index contributed by atoms with van der Waals surface area (Å²) in [5.74, 6) is 0.230. The fraction of sp³-hybridized carbons (Fsp3) is 0.150. The van der Waals surface area contributed by atoms with Crippen LogP contribution in [0.4, 0.5) is 0 Å². The Bertz CT molecular complexity index is 973. The van der Waals surface area contributed by atoms with Crippen LogP contribution < -0.4 is 15.6 Å². The van der Waals surface area contributed by atoms with E-state index in [1.165, 1.54) is 10.7 Å². The van der Waals surface area contributed by atoms with E-state index in [9.17, 15) is 9.59 Å². The SMILES string of the molecule is O=C(COc1cccc(Cl)c1)NCCn1nc(-c2ccccc2)ccc1=O. The molecule has 0 radical (unpaired) electrons. The lowest BCUT2D eigenvalue weighted by atomic mass is 10.1. The van der Waals surface area contributed by atoms with Gasteiger partial charge in [-0.3, -0.25) is 9.59 Å². The number of amides is 1. The van der Waals surface area contributed by atoms with Gasteiger partial charge in [-0.05, 0) is 24.3 Å². The third-order valence-corrected chi connectivity index (χ3v) is 3.98. The molecule has 1 aromatic heterocycles. The minimum atomic E-state index is -0.290. The zero-order valence-corrected chi connectivity index (χ0v) is 15.2. The van der Waals surface area contributed by atoms with Crippen LogP contribution in [0.2, 0.25) is 5.02 Å². The monoisotopic (exact) mass is 383 g/mol. The number of carbonyl (C=O) groups excluding carboxylic acids is 1. The van der Waals surface area contributed by atoms with Gasteiger partial charge in [-0.1, -0.05) is 48.0 Å². The summed E-state index contributed by atoms with van der Waals surface area (Å²) in [7, 11) is 0. The van der Waals surface area contributed by atoms with Gasteiger partial charge in [0.1, 0.15) is 5.75 Å². The van der Waals surface area contributed by atoms with Gasteiger partial charge in [0.2, 0.25) is 0 Å². The number of nitrogens with zero attached hydrogens (tertiary/aromatic N) is 2. The smallest absolute Gasteiger partial charge is 0.266 e. The molecule has 0 saturated heterocycles. The van der Waals surface area contributed by atoms with Crippen LogP contribution >= 0.6 is 11.6 Å². The Balaban J connectivity index is 1.52. The zero-order valence-electron chi connectivity index (χ0n) is 14.5. The van der Waals surface area contributed by atoms with Gasteiger partial charge in [0.15, 0.2) is 6.61 Å². The summed E-state index contributed by atoms with van der Waals surface area (Å²) in [6, 6.07) is 19.6. The molecule has 1 heterocycles. The molecule has 0 spiro atoms. The van der Waals surface area contributed by atoms with E-state index >= 15 is 0 Å². The predicted molar refractivity (Wildman–Crippen MR) is 104 cm³/mol. The lowest BCUT2D eigenvalue weighted by Gasteiger charge is -2.09. The molecule has 0 aliphatic carbocycles. The lowest BCUT2D eigenvalue weighted by Crippen LogP contribution is -2.34. The van der Waals surface area contributed by atoms with Crippen molar-refractivity contribution in [2.75, 3.05) is 13.2 Å². The molecule has 138 valence electrons. The molecule has 6 nitrogen and oxygen atoms in total. The number of ether oxygens (including phenoxy) is 1. The quantitative estimate of drug-likeness (QED) is 0.680. The molecule has 0 saturated carbocycles. The fourth-order valence-corrected chi connectivity index (χ4v) is 2.61. The lowest BCUT2D eigenvalue weighted by molar-refractivity contribution is -0.123. The average molecular weight is 384 g/mol. The first kappa shape index (κ1) is 18.7. The molecule has 0 aliphatic heterocycles. The zero-order chi connectivity index (χ0) is 19.1. The predicted octanol–water partition coefficient (Wildman–Crippen LogP) is 2.76. The number of benzene rings is 2. The van der Waals surface area contributed by atoms with Crippen molar-refractivity contribution in [3.05, 3.63) is 82.1 Å². The van der Waals surface area contributed by atoms with Crippen LogP contribution in [0, 0.1) is 0 Å². The normalized spacial score (nSPS) is 10.4. The van der Waals surface area contributed by atoms with Crippen LogP contribution in [-0.2, 0) is 11.3 Å². The van der Waals surface area contributed by atoms with E-state index in [0.717, 1.165) is 5.56 Å². The third-order valence-electron chi connectivity index (χ3n) is 3.75. The fourth-order valence-electron chi connectivity index (χ4n) is 2.43. The summed E-state index contributed by atoms with van der Waals surface area (Å²) in [6.45, 7) is 0.401. The molecule has 7 heteroatoms. The van der Waals surface area contributed by atoms with Crippen LogP contribution in [0.15, 0.2) is 71.5 Å². The summed E-state index contributed by atoms with van der Waals surface area (Å²) in [5, 5.41) is 7.59. The summed E-state index contributed by atoms with van der Waals surface area (Å²) >= 11 is 5.86. The minimum absolute atomic E-state index is 0.132. The second-order valence-corrected chi connectivity index (χ2v) is 6.18. The standard InChI is InChI=1S/C20H18ClN3O3/c21-16-7-4-8-17(13-16)27-14-19(25)22-11-12-24-20(26)10-9-18(23-24)15-5-2-1-3-6-15/h1-10,13H,11-12,14H2,(H,22,25). The first-order valence-corrected chi connectivity index (χ1v) is 8.78. The van der Waals surface area contributed by atoms with Crippen LogP contribution in [0.5, 0.6) is 5.75 Å². The highest BCUT2D eigenvalue weighted by molar-refractivity contribution is 6.30. The van der Waals surface area contributed by atoms with Gasteiger partial charge in [0.05, 0.1) is 12.2 Å². The van der Waals surface area contributed by atoms with Gasteiger partial charge in [-0.2, -0.15) is 5.10 Å².